The topological polar surface area (TPSA) is 64.8 Å². The summed E-state index contributed by atoms with van der Waals surface area (Å²) in [5.41, 5.74) is 6.28. The molecule has 4 rings (SSSR count). The van der Waals surface area contributed by atoms with E-state index in [0.29, 0.717) is 6.42 Å². The van der Waals surface area contributed by atoms with E-state index in [1.165, 1.54) is 5.56 Å². The Morgan fingerprint density at radius 3 is 2.57 bits per heavy atom. The molecule has 146 valence electrons. The van der Waals surface area contributed by atoms with Crippen molar-refractivity contribution in [1.82, 2.24) is 14.8 Å². The molecule has 28 heavy (non-hydrogen) atoms. The third kappa shape index (κ3) is 3.82. The number of aryl methyl sites for hydroxylation is 2. The molecule has 0 aliphatic carbocycles. The van der Waals surface area contributed by atoms with E-state index in [2.05, 4.69) is 41.7 Å². The molecule has 1 fully saturated rings. The smallest absolute Gasteiger partial charge is 0.152 e. The van der Waals surface area contributed by atoms with Gasteiger partial charge in [-0.3, -0.25) is 4.68 Å². The number of nitrogens with zero attached hydrogens (tertiary/aromatic N) is 3. The van der Waals surface area contributed by atoms with Crippen molar-refractivity contribution in [1.29, 1.82) is 0 Å². The van der Waals surface area contributed by atoms with Gasteiger partial charge in [0.2, 0.25) is 0 Å². The first-order chi connectivity index (χ1) is 13.3. The minimum Gasteiger partial charge on any atom is -0.265 e. The zero-order valence-electron chi connectivity index (χ0n) is 16.2. The Balaban J connectivity index is 1.56. The van der Waals surface area contributed by atoms with Gasteiger partial charge < -0.3 is 0 Å². The predicted molar refractivity (Wildman–Crippen MR) is 115 cm³/mol. The van der Waals surface area contributed by atoms with E-state index < -0.39 is 9.84 Å². The van der Waals surface area contributed by atoms with Gasteiger partial charge in [0, 0.05) is 22.2 Å². The van der Waals surface area contributed by atoms with Crippen molar-refractivity contribution in [3.63, 3.8) is 0 Å². The SMILES string of the molecule is Cc1ccc(-c2csc(/C=C/c3c(C)nn([C@H]4CCS(=O)(=O)C4)c3C)n2)cc1. The number of thiazole rings is 1. The van der Waals surface area contributed by atoms with E-state index in [-0.39, 0.29) is 17.5 Å². The third-order valence-electron chi connectivity index (χ3n) is 5.20. The highest BCUT2D eigenvalue weighted by Crippen LogP contribution is 2.28. The first-order valence-electron chi connectivity index (χ1n) is 9.29. The van der Waals surface area contributed by atoms with E-state index in [0.717, 1.165) is 33.2 Å². The zero-order chi connectivity index (χ0) is 19.9. The monoisotopic (exact) mass is 413 g/mol. The van der Waals surface area contributed by atoms with Crippen LogP contribution in [-0.2, 0) is 9.84 Å². The maximum absolute atomic E-state index is 11.8. The Labute approximate surface area is 169 Å². The normalized spacial score (nSPS) is 18.9. The van der Waals surface area contributed by atoms with Gasteiger partial charge >= 0.3 is 0 Å². The fourth-order valence-electron chi connectivity index (χ4n) is 3.62. The summed E-state index contributed by atoms with van der Waals surface area (Å²) in [4.78, 5) is 4.71. The molecule has 1 aliphatic heterocycles. The number of benzene rings is 1. The molecule has 0 bridgehead atoms. The van der Waals surface area contributed by atoms with Crippen LogP contribution in [0, 0.1) is 20.8 Å². The summed E-state index contributed by atoms with van der Waals surface area (Å²) in [6.07, 6.45) is 4.68. The van der Waals surface area contributed by atoms with Gasteiger partial charge in [0.05, 0.1) is 28.9 Å². The summed E-state index contributed by atoms with van der Waals surface area (Å²) in [5, 5.41) is 7.62. The van der Waals surface area contributed by atoms with Gasteiger partial charge in [0.25, 0.3) is 0 Å². The molecule has 0 unspecified atom stereocenters. The van der Waals surface area contributed by atoms with Crippen molar-refractivity contribution in [3.8, 4) is 11.3 Å². The Bertz CT molecular complexity index is 1140. The van der Waals surface area contributed by atoms with E-state index >= 15 is 0 Å². The average Bonchev–Trinajstić information content (AvgIpc) is 3.33. The summed E-state index contributed by atoms with van der Waals surface area (Å²) >= 11 is 1.61. The fraction of sp³-hybridized carbons (Fsp3) is 0.333. The third-order valence-corrected chi connectivity index (χ3v) is 7.76. The molecule has 0 spiro atoms. The minimum atomic E-state index is -2.93. The number of aromatic nitrogens is 3. The van der Waals surface area contributed by atoms with Crippen LogP contribution in [0.4, 0.5) is 0 Å². The van der Waals surface area contributed by atoms with Gasteiger partial charge in [0.1, 0.15) is 5.01 Å². The van der Waals surface area contributed by atoms with E-state index in [1.54, 1.807) is 11.3 Å². The Morgan fingerprint density at radius 2 is 1.89 bits per heavy atom. The van der Waals surface area contributed by atoms with Crippen LogP contribution in [0.15, 0.2) is 29.6 Å². The molecular formula is C21H23N3O2S2. The van der Waals surface area contributed by atoms with E-state index in [4.69, 9.17) is 4.98 Å². The lowest BCUT2D eigenvalue weighted by atomic mass is 10.1. The van der Waals surface area contributed by atoms with Crippen LogP contribution in [0.2, 0.25) is 0 Å². The highest BCUT2D eigenvalue weighted by Gasteiger charge is 2.31. The standard InChI is InChI=1S/C21H23N3O2S2/c1-14-4-6-17(7-5-14)20-12-27-21(22-20)9-8-19-15(2)23-24(16(19)3)18-10-11-28(25,26)13-18/h4-9,12,18H,10-11,13H2,1-3H3/b9-8+/t18-/m0/s1. The van der Waals surface area contributed by atoms with Crippen molar-refractivity contribution >= 4 is 33.3 Å². The van der Waals surface area contributed by atoms with Crippen molar-refractivity contribution in [2.45, 2.75) is 33.2 Å². The molecule has 1 aromatic carbocycles. The maximum atomic E-state index is 11.8. The lowest BCUT2D eigenvalue weighted by Gasteiger charge is -2.10. The van der Waals surface area contributed by atoms with Crippen LogP contribution in [0.3, 0.4) is 0 Å². The molecule has 5 nitrogen and oxygen atoms in total. The Kier molecular flexibility index (Phi) is 4.97. The quantitative estimate of drug-likeness (QED) is 0.633. The molecular weight excluding hydrogens is 390 g/mol. The van der Waals surface area contributed by atoms with Crippen LogP contribution in [0.1, 0.15) is 40.0 Å². The van der Waals surface area contributed by atoms with Gasteiger partial charge in [-0.05, 0) is 39.3 Å². The number of sulfone groups is 1. The first kappa shape index (κ1) is 19.1. The van der Waals surface area contributed by atoms with Gasteiger partial charge in [-0.1, -0.05) is 29.8 Å². The largest absolute Gasteiger partial charge is 0.265 e. The van der Waals surface area contributed by atoms with Gasteiger partial charge in [-0.15, -0.1) is 11.3 Å². The number of hydrogen-bond acceptors (Lipinski definition) is 5. The Morgan fingerprint density at radius 1 is 1.14 bits per heavy atom. The molecule has 2 aromatic heterocycles. The summed E-state index contributed by atoms with van der Waals surface area (Å²) in [5.74, 6) is 0.437. The van der Waals surface area contributed by atoms with Crippen molar-refractivity contribution in [2.24, 2.45) is 0 Å². The van der Waals surface area contributed by atoms with Crippen molar-refractivity contribution in [3.05, 3.63) is 57.2 Å². The second-order valence-electron chi connectivity index (χ2n) is 7.36. The van der Waals surface area contributed by atoms with Crippen molar-refractivity contribution < 1.29 is 8.42 Å². The maximum Gasteiger partial charge on any atom is 0.152 e. The van der Waals surface area contributed by atoms with Gasteiger partial charge in [-0.25, -0.2) is 13.4 Å². The lowest BCUT2D eigenvalue weighted by molar-refractivity contribution is 0.486. The van der Waals surface area contributed by atoms with Crippen LogP contribution in [0.25, 0.3) is 23.4 Å². The first-order valence-corrected chi connectivity index (χ1v) is 12.0. The van der Waals surface area contributed by atoms with Gasteiger partial charge in [-0.2, -0.15) is 5.10 Å². The zero-order valence-corrected chi connectivity index (χ0v) is 17.8. The molecule has 1 saturated heterocycles. The summed E-state index contributed by atoms with van der Waals surface area (Å²) < 4.78 is 25.5. The molecule has 7 heteroatoms. The summed E-state index contributed by atoms with van der Waals surface area (Å²) in [7, 11) is -2.93. The molecule has 1 aliphatic rings. The highest BCUT2D eigenvalue weighted by atomic mass is 32.2. The molecule has 3 heterocycles. The summed E-state index contributed by atoms with van der Waals surface area (Å²) in [6, 6.07) is 8.31. The molecule has 0 amide bonds. The molecule has 1 atom stereocenters. The second kappa shape index (κ2) is 7.29. The van der Waals surface area contributed by atoms with Crippen LogP contribution < -0.4 is 0 Å². The minimum absolute atomic E-state index is 0.0566. The molecule has 3 aromatic rings. The van der Waals surface area contributed by atoms with Crippen LogP contribution in [0.5, 0.6) is 0 Å². The lowest BCUT2D eigenvalue weighted by Crippen LogP contribution is -2.13. The number of rotatable bonds is 4. The molecule has 0 N–H and O–H groups in total. The van der Waals surface area contributed by atoms with Crippen LogP contribution in [-0.4, -0.2) is 34.7 Å². The van der Waals surface area contributed by atoms with E-state index in [1.807, 2.05) is 30.7 Å². The number of hydrogen-bond donors (Lipinski definition) is 0. The highest BCUT2D eigenvalue weighted by molar-refractivity contribution is 7.91. The second-order valence-corrected chi connectivity index (χ2v) is 10.5. The van der Waals surface area contributed by atoms with Crippen LogP contribution >= 0.6 is 11.3 Å². The average molecular weight is 414 g/mol. The fourth-order valence-corrected chi connectivity index (χ4v) is 6.03. The van der Waals surface area contributed by atoms with Crippen molar-refractivity contribution in [2.75, 3.05) is 11.5 Å². The molecule has 0 radical (unpaired) electrons. The summed E-state index contributed by atoms with van der Waals surface area (Å²) in [6.45, 7) is 6.04. The van der Waals surface area contributed by atoms with Gasteiger partial charge in [0.15, 0.2) is 9.84 Å². The van der Waals surface area contributed by atoms with E-state index in [9.17, 15) is 8.42 Å². The molecule has 0 saturated carbocycles. The predicted octanol–water partition coefficient (Wildman–Crippen LogP) is 4.46. The Hall–Kier alpha value is -2.25.